The fourth-order valence-electron chi connectivity index (χ4n) is 3.51. The van der Waals surface area contributed by atoms with Crippen LogP contribution in [0.2, 0.25) is 0 Å². The number of amides is 1. The Hall–Kier alpha value is -1.50. The maximum atomic E-state index is 12.2. The summed E-state index contributed by atoms with van der Waals surface area (Å²) < 4.78 is 0. The lowest BCUT2D eigenvalue weighted by Gasteiger charge is -2.16. The first-order valence-corrected chi connectivity index (χ1v) is 10.6. The summed E-state index contributed by atoms with van der Waals surface area (Å²) in [5.74, 6) is -0.504. The van der Waals surface area contributed by atoms with Crippen molar-refractivity contribution in [1.82, 2.24) is 5.32 Å². The first-order valence-electron chi connectivity index (χ1n) is 10.6. The summed E-state index contributed by atoms with van der Waals surface area (Å²) in [6.45, 7) is 2.34. The van der Waals surface area contributed by atoms with Gasteiger partial charge in [0.15, 0.2) is 0 Å². The van der Waals surface area contributed by atoms with Gasteiger partial charge in [-0.2, -0.15) is 0 Å². The van der Waals surface area contributed by atoms with Crippen molar-refractivity contribution in [2.45, 2.75) is 76.9 Å². The number of allylic oxidation sites excluding steroid dienone is 2. The van der Waals surface area contributed by atoms with Gasteiger partial charge >= 0.3 is 0 Å². The predicted molar refractivity (Wildman–Crippen MR) is 110 cm³/mol. The third kappa shape index (κ3) is 9.62. The van der Waals surface area contributed by atoms with Gasteiger partial charge in [0.25, 0.3) is 0 Å². The van der Waals surface area contributed by atoms with Crippen molar-refractivity contribution in [3.63, 3.8) is 0 Å². The fourth-order valence-corrected chi connectivity index (χ4v) is 3.51. The molecule has 4 atom stereocenters. The zero-order valence-electron chi connectivity index (χ0n) is 17.1. The molecule has 160 valence electrons. The van der Waals surface area contributed by atoms with Gasteiger partial charge in [-0.1, -0.05) is 50.5 Å². The highest BCUT2D eigenvalue weighted by Gasteiger charge is 2.39. The molecule has 0 aliphatic heterocycles. The van der Waals surface area contributed by atoms with E-state index >= 15 is 0 Å². The number of unbranched alkanes of at least 4 members (excludes halogenated alkanes) is 3. The van der Waals surface area contributed by atoms with Crippen LogP contribution in [0.1, 0.15) is 64.7 Å². The average molecular weight is 396 g/mol. The van der Waals surface area contributed by atoms with Crippen molar-refractivity contribution in [1.29, 1.82) is 0 Å². The van der Waals surface area contributed by atoms with Crippen LogP contribution in [0, 0.1) is 11.8 Å². The molecule has 0 saturated heterocycles. The Balaban J connectivity index is 2.40. The van der Waals surface area contributed by atoms with E-state index in [1.165, 1.54) is 0 Å². The summed E-state index contributed by atoms with van der Waals surface area (Å²) in [5, 5.41) is 31.5. The first-order chi connectivity index (χ1) is 13.5. The first kappa shape index (κ1) is 24.5. The number of hydrogen-bond acceptors (Lipinski definition) is 5. The van der Waals surface area contributed by atoms with Gasteiger partial charge < -0.3 is 20.6 Å². The van der Waals surface area contributed by atoms with Crippen LogP contribution in [0.4, 0.5) is 0 Å². The Bertz CT molecular complexity index is 517. The molecule has 1 aliphatic rings. The molecule has 1 rings (SSSR count). The van der Waals surface area contributed by atoms with Crippen LogP contribution in [-0.2, 0) is 9.59 Å². The minimum absolute atomic E-state index is 0.0573. The van der Waals surface area contributed by atoms with E-state index < -0.39 is 12.2 Å². The highest BCUT2D eigenvalue weighted by atomic mass is 16.3. The molecule has 6 nitrogen and oxygen atoms in total. The van der Waals surface area contributed by atoms with Crippen molar-refractivity contribution in [2.24, 2.45) is 11.8 Å². The molecular weight excluding hydrogens is 358 g/mol. The third-order valence-corrected chi connectivity index (χ3v) is 5.16. The van der Waals surface area contributed by atoms with E-state index in [-0.39, 0.29) is 43.1 Å². The Morgan fingerprint density at radius 1 is 1.29 bits per heavy atom. The molecule has 4 N–H and O–H groups in total. The molecule has 0 aromatic heterocycles. The summed E-state index contributed by atoms with van der Waals surface area (Å²) in [4.78, 5) is 23.6. The van der Waals surface area contributed by atoms with E-state index in [1.807, 2.05) is 18.2 Å². The highest BCUT2D eigenvalue weighted by Crippen LogP contribution is 2.33. The van der Waals surface area contributed by atoms with Gasteiger partial charge in [-0.05, 0) is 25.7 Å². The van der Waals surface area contributed by atoms with Crippen LogP contribution >= 0.6 is 0 Å². The number of carbonyl (C=O) groups excluding carboxylic acids is 2. The molecular formula is C22H37NO5. The number of aliphatic hydroxyl groups is 3. The number of Topliss-reactive ketones (excluding diaryl/α,β-unsaturated/α-hetero) is 1. The second kappa shape index (κ2) is 14.5. The standard InChI is InChI=1S/C22H37NO5/c1-2-3-6-9-17(25)12-13-19-18(20(26)16-21(19)27)10-7-4-5-8-11-22(28)23-14-15-24/h4,7,12-13,17-19,21,24-25,27H,2-3,5-6,8-11,14-16H2,1H3,(H,23,28)/b7-4?,13-12+/t17-,18+,19+,21+/m0/s1. The topological polar surface area (TPSA) is 107 Å². The van der Waals surface area contributed by atoms with Crippen LogP contribution in [-0.4, -0.2) is 52.4 Å². The zero-order chi connectivity index (χ0) is 20.8. The summed E-state index contributed by atoms with van der Waals surface area (Å²) in [6.07, 6.45) is 12.7. The Labute approximate surface area is 168 Å². The Morgan fingerprint density at radius 3 is 2.79 bits per heavy atom. The van der Waals surface area contributed by atoms with Gasteiger partial charge in [0.1, 0.15) is 5.78 Å². The lowest BCUT2D eigenvalue weighted by atomic mass is 9.90. The number of ketones is 1. The van der Waals surface area contributed by atoms with Gasteiger partial charge in [-0.25, -0.2) is 0 Å². The number of carbonyl (C=O) groups is 2. The second-order valence-electron chi connectivity index (χ2n) is 7.54. The molecule has 0 spiro atoms. The fraction of sp³-hybridized carbons (Fsp3) is 0.727. The van der Waals surface area contributed by atoms with E-state index in [0.29, 0.717) is 25.7 Å². The van der Waals surface area contributed by atoms with E-state index in [1.54, 1.807) is 6.08 Å². The zero-order valence-corrected chi connectivity index (χ0v) is 17.1. The molecule has 0 aromatic rings. The van der Waals surface area contributed by atoms with Gasteiger partial charge in [0.2, 0.25) is 5.91 Å². The molecule has 0 radical (unpaired) electrons. The number of nitrogens with one attached hydrogen (secondary N) is 1. The van der Waals surface area contributed by atoms with Gasteiger partial charge in [-0.3, -0.25) is 9.59 Å². The van der Waals surface area contributed by atoms with E-state index in [0.717, 1.165) is 25.7 Å². The quantitative estimate of drug-likeness (QED) is 0.267. The molecule has 6 heteroatoms. The van der Waals surface area contributed by atoms with E-state index in [4.69, 9.17) is 5.11 Å². The van der Waals surface area contributed by atoms with Crippen LogP contribution in [0.5, 0.6) is 0 Å². The van der Waals surface area contributed by atoms with Crippen LogP contribution in [0.15, 0.2) is 24.3 Å². The largest absolute Gasteiger partial charge is 0.395 e. The molecule has 1 amide bonds. The molecule has 1 fully saturated rings. The Kier molecular flexibility index (Phi) is 12.7. The molecule has 0 bridgehead atoms. The van der Waals surface area contributed by atoms with Crippen molar-refractivity contribution in [2.75, 3.05) is 13.2 Å². The van der Waals surface area contributed by atoms with Crippen LogP contribution < -0.4 is 5.32 Å². The molecule has 1 saturated carbocycles. The number of rotatable bonds is 14. The number of hydrogen-bond donors (Lipinski definition) is 4. The minimum Gasteiger partial charge on any atom is -0.395 e. The average Bonchev–Trinajstić information content (AvgIpc) is 2.94. The minimum atomic E-state index is -0.680. The highest BCUT2D eigenvalue weighted by molar-refractivity contribution is 5.84. The van der Waals surface area contributed by atoms with E-state index in [9.17, 15) is 19.8 Å². The molecule has 1 aliphatic carbocycles. The third-order valence-electron chi connectivity index (χ3n) is 5.16. The van der Waals surface area contributed by atoms with Crippen LogP contribution in [0.25, 0.3) is 0 Å². The summed E-state index contributed by atoms with van der Waals surface area (Å²) in [7, 11) is 0. The van der Waals surface area contributed by atoms with E-state index in [2.05, 4.69) is 12.2 Å². The normalized spacial score (nSPS) is 23.7. The monoisotopic (exact) mass is 395 g/mol. The summed E-state index contributed by atoms with van der Waals surface area (Å²) in [6, 6.07) is 0. The maximum absolute atomic E-state index is 12.2. The Morgan fingerprint density at radius 2 is 2.07 bits per heavy atom. The maximum Gasteiger partial charge on any atom is 0.220 e. The lowest BCUT2D eigenvalue weighted by Crippen LogP contribution is -2.25. The number of aliphatic hydroxyl groups excluding tert-OH is 3. The molecule has 0 aromatic carbocycles. The SMILES string of the molecule is CCCCC[C@H](O)/C=C/[C@H]1[C@H](O)CC(=O)[C@@H]1CC=CCCCC(=O)NCCO. The lowest BCUT2D eigenvalue weighted by molar-refractivity contribution is -0.122. The van der Waals surface area contributed by atoms with Crippen molar-refractivity contribution in [3.8, 4) is 0 Å². The van der Waals surface area contributed by atoms with Crippen molar-refractivity contribution >= 4 is 11.7 Å². The summed E-state index contributed by atoms with van der Waals surface area (Å²) in [5.41, 5.74) is 0. The van der Waals surface area contributed by atoms with Crippen molar-refractivity contribution < 1.29 is 24.9 Å². The van der Waals surface area contributed by atoms with Crippen LogP contribution in [0.3, 0.4) is 0 Å². The predicted octanol–water partition coefficient (Wildman–Crippen LogP) is 2.28. The van der Waals surface area contributed by atoms with Gasteiger partial charge in [0.05, 0.1) is 18.8 Å². The van der Waals surface area contributed by atoms with Gasteiger partial charge in [0, 0.05) is 31.2 Å². The molecule has 0 unspecified atom stereocenters. The smallest absolute Gasteiger partial charge is 0.220 e. The second-order valence-corrected chi connectivity index (χ2v) is 7.54. The molecule has 28 heavy (non-hydrogen) atoms. The molecule has 0 heterocycles. The van der Waals surface area contributed by atoms with Gasteiger partial charge in [-0.15, -0.1) is 0 Å². The van der Waals surface area contributed by atoms with Crippen molar-refractivity contribution in [3.05, 3.63) is 24.3 Å². The summed E-state index contributed by atoms with van der Waals surface area (Å²) >= 11 is 0.